The van der Waals surface area contributed by atoms with Crippen molar-refractivity contribution in [1.82, 2.24) is 14.8 Å². The van der Waals surface area contributed by atoms with Gasteiger partial charge in [0, 0.05) is 47.1 Å². The van der Waals surface area contributed by atoms with E-state index in [9.17, 15) is 9.59 Å². The van der Waals surface area contributed by atoms with E-state index in [0.717, 1.165) is 17.6 Å². The van der Waals surface area contributed by atoms with Crippen molar-refractivity contribution in [2.24, 2.45) is 0 Å². The summed E-state index contributed by atoms with van der Waals surface area (Å²) in [6.07, 6.45) is 0. The van der Waals surface area contributed by atoms with E-state index in [1.54, 1.807) is 6.92 Å². The molecule has 4 rings (SSSR count). The lowest BCUT2D eigenvalue weighted by Crippen LogP contribution is -2.43. The molecule has 1 unspecified atom stereocenters. The first kappa shape index (κ1) is 16.4. The van der Waals surface area contributed by atoms with Crippen LogP contribution in [0.3, 0.4) is 0 Å². The molecule has 1 aromatic heterocycles. The number of hydrogen-bond acceptors (Lipinski definition) is 3. The van der Waals surface area contributed by atoms with Crippen molar-refractivity contribution in [2.45, 2.75) is 26.4 Å². The molecular weight excluding hydrogens is 328 g/mol. The van der Waals surface area contributed by atoms with Crippen LogP contribution in [0.25, 0.3) is 21.8 Å². The largest absolute Gasteiger partial charge is 0.374 e. The molecule has 1 atom stereocenters. The molecule has 134 valence electrons. The Labute approximate surface area is 151 Å². The number of amides is 3. The van der Waals surface area contributed by atoms with Crippen molar-refractivity contribution in [3.05, 3.63) is 42.5 Å². The first-order chi connectivity index (χ1) is 12.6. The maximum absolute atomic E-state index is 12.5. The second-order valence-electron chi connectivity index (χ2n) is 6.58. The third-order valence-electron chi connectivity index (χ3n) is 4.97. The molecule has 1 fully saturated rings. The SMILES string of the molecule is CCn1c2ccccc2c2cc(NC(C)C(=O)N3CCNC3=O)ccc21. The molecule has 1 saturated heterocycles. The number of benzene rings is 2. The van der Waals surface area contributed by atoms with Gasteiger partial charge in [-0.3, -0.25) is 9.69 Å². The molecule has 0 radical (unpaired) electrons. The second-order valence-corrected chi connectivity index (χ2v) is 6.58. The summed E-state index contributed by atoms with van der Waals surface area (Å²) in [7, 11) is 0. The van der Waals surface area contributed by atoms with Gasteiger partial charge in [0.1, 0.15) is 6.04 Å². The van der Waals surface area contributed by atoms with Crippen LogP contribution in [0.2, 0.25) is 0 Å². The Morgan fingerprint density at radius 3 is 2.69 bits per heavy atom. The fraction of sp³-hybridized carbons (Fsp3) is 0.300. The Kier molecular flexibility index (Phi) is 4.03. The smallest absolute Gasteiger partial charge is 0.324 e. The third-order valence-corrected chi connectivity index (χ3v) is 4.97. The van der Waals surface area contributed by atoms with E-state index in [-0.39, 0.29) is 11.9 Å². The van der Waals surface area contributed by atoms with Gasteiger partial charge in [-0.15, -0.1) is 0 Å². The molecule has 6 heteroatoms. The highest BCUT2D eigenvalue weighted by Gasteiger charge is 2.29. The zero-order chi connectivity index (χ0) is 18.3. The third kappa shape index (κ3) is 2.58. The van der Waals surface area contributed by atoms with Crippen molar-refractivity contribution in [3.8, 4) is 0 Å². The van der Waals surface area contributed by atoms with Gasteiger partial charge in [-0.1, -0.05) is 18.2 Å². The van der Waals surface area contributed by atoms with Gasteiger partial charge in [-0.2, -0.15) is 0 Å². The van der Waals surface area contributed by atoms with Crippen LogP contribution in [0, 0.1) is 0 Å². The molecule has 0 spiro atoms. The van der Waals surface area contributed by atoms with E-state index in [1.165, 1.54) is 21.3 Å². The number of carbonyl (C=O) groups excluding carboxylic acids is 2. The van der Waals surface area contributed by atoms with Crippen LogP contribution in [0.5, 0.6) is 0 Å². The molecule has 0 saturated carbocycles. The lowest BCUT2D eigenvalue weighted by atomic mass is 10.1. The van der Waals surface area contributed by atoms with Gasteiger partial charge < -0.3 is 15.2 Å². The number of fused-ring (bicyclic) bond motifs is 3. The molecule has 2 heterocycles. The maximum Gasteiger partial charge on any atom is 0.324 e. The van der Waals surface area contributed by atoms with Crippen LogP contribution in [0.4, 0.5) is 10.5 Å². The minimum Gasteiger partial charge on any atom is -0.374 e. The quantitative estimate of drug-likeness (QED) is 0.759. The van der Waals surface area contributed by atoms with Crippen molar-refractivity contribution in [1.29, 1.82) is 0 Å². The summed E-state index contributed by atoms with van der Waals surface area (Å²) in [5.74, 6) is -0.212. The molecule has 26 heavy (non-hydrogen) atoms. The first-order valence-corrected chi connectivity index (χ1v) is 8.97. The molecule has 3 aromatic rings. The van der Waals surface area contributed by atoms with Crippen molar-refractivity contribution in [2.75, 3.05) is 18.4 Å². The summed E-state index contributed by atoms with van der Waals surface area (Å²) in [4.78, 5) is 25.4. The van der Waals surface area contributed by atoms with Gasteiger partial charge in [0.15, 0.2) is 0 Å². The number of urea groups is 1. The summed E-state index contributed by atoms with van der Waals surface area (Å²) in [6, 6.07) is 13.7. The van der Waals surface area contributed by atoms with Gasteiger partial charge in [0.2, 0.25) is 0 Å². The number of nitrogens with one attached hydrogen (secondary N) is 2. The zero-order valence-electron chi connectivity index (χ0n) is 15.0. The van der Waals surface area contributed by atoms with Crippen LogP contribution in [0.15, 0.2) is 42.5 Å². The van der Waals surface area contributed by atoms with Crippen LogP contribution < -0.4 is 10.6 Å². The molecular formula is C20H22N4O2. The standard InChI is InChI=1S/C20H22N4O2/c1-3-23-17-7-5-4-6-15(17)16-12-14(8-9-18(16)23)22-13(2)19(25)24-11-10-21-20(24)26/h4-9,12-13,22H,3,10-11H2,1-2H3,(H,21,26). The predicted octanol–water partition coefficient (Wildman–Crippen LogP) is 3.17. The lowest BCUT2D eigenvalue weighted by Gasteiger charge is -2.19. The number of para-hydroxylation sites is 1. The van der Waals surface area contributed by atoms with Crippen molar-refractivity contribution >= 4 is 39.4 Å². The maximum atomic E-state index is 12.5. The van der Waals surface area contributed by atoms with Crippen LogP contribution in [-0.4, -0.2) is 40.5 Å². The first-order valence-electron chi connectivity index (χ1n) is 8.97. The summed E-state index contributed by atoms with van der Waals surface area (Å²) >= 11 is 0. The fourth-order valence-corrected chi connectivity index (χ4v) is 3.71. The van der Waals surface area contributed by atoms with Crippen LogP contribution in [-0.2, 0) is 11.3 Å². The van der Waals surface area contributed by atoms with Gasteiger partial charge in [-0.25, -0.2) is 4.79 Å². The van der Waals surface area contributed by atoms with Gasteiger partial charge in [0.05, 0.1) is 0 Å². The number of aromatic nitrogens is 1. The highest BCUT2D eigenvalue weighted by Crippen LogP contribution is 2.31. The van der Waals surface area contributed by atoms with E-state index < -0.39 is 6.04 Å². The Balaban J connectivity index is 1.66. The fourth-order valence-electron chi connectivity index (χ4n) is 3.71. The molecule has 1 aliphatic rings. The predicted molar refractivity (Wildman–Crippen MR) is 103 cm³/mol. The minimum absolute atomic E-state index is 0.212. The number of carbonyl (C=O) groups is 2. The summed E-state index contributed by atoms with van der Waals surface area (Å²) in [5, 5.41) is 8.26. The van der Waals surface area contributed by atoms with Crippen molar-refractivity contribution < 1.29 is 9.59 Å². The Bertz CT molecular complexity index is 1010. The van der Waals surface area contributed by atoms with E-state index in [2.05, 4.69) is 46.4 Å². The van der Waals surface area contributed by atoms with E-state index in [4.69, 9.17) is 0 Å². The summed E-state index contributed by atoms with van der Waals surface area (Å²) in [5.41, 5.74) is 3.26. The number of nitrogens with zero attached hydrogens (tertiary/aromatic N) is 2. The zero-order valence-corrected chi connectivity index (χ0v) is 15.0. The summed E-state index contributed by atoms with van der Waals surface area (Å²) < 4.78 is 2.29. The van der Waals surface area contributed by atoms with Crippen molar-refractivity contribution in [3.63, 3.8) is 0 Å². The Morgan fingerprint density at radius 1 is 1.19 bits per heavy atom. The molecule has 1 aliphatic heterocycles. The van der Waals surface area contributed by atoms with Gasteiger partial charge >= 0.3 is 6.03 Å². The number of anilines is 1. The highest BCUT2D eigenvalue weighted by molar-refractivity contribution is 6.09. The Hall–Kier alpha value is -3.02. The normalized spacial score (nSPS) is 15.5. The molecule has 0 aliphatic carbocycles. The van der Waals surface area contributed by atoms with Gasteiger partial charge in [0.25, 0.3) is 5.91 Å². The second kappa shape index (κ2) is 6.37. The molecule has 2 N–H and O–H groups in total. The van der Waals surface area contributed by atoms with Gasteiger partial charge in [-0.05, 0) is 38.1 Å². The monoisotopic (exact) mass is 350 g/mol. The average Bonchev–Trinajstić information content (AvgIpc) is 3.21. The molecule has 2 aromatic carbocycles. The number of rotatable bonds is 4. The molecule has 6 nitrogen and oxygen atoms in total. The van der Waals surface area contributed by atoms with Crippen LogP contribution in [0.1, 0.15) is 13.8 Å². The number of aryl methyl sites for hydroxylation is 1. The van der Waals surface area contributed by atoms with E-state index in [1.807, 2.05) is 18.2 Å². The minimum atomic E-state index is -0.476. The number of imide groups is 1. The highest BCUT2D eigenvalue weighted by atomic mass is 16.2. The lowest BCUT2D eigenvalue weighted by molar-refractivity contribution is -0.128. The summed E-state index contributed by atoms with van der Waals surface area (Å²) in [6.45, 7) is 5.76. The average molecular weight is 350 g/mol. The van der Waals surface area contributed by atoms with E-state index in [0.29, 0.717) is 13.1 Å². The molecule has 3 amide bonds. The van der Waals surface area contributed by atoms with E-state index >= 15 is 0 Å². The number of hydrogen-bond donors (Lipinski definition) is 2. The van der Waals surface area contributed by atoms with Crippen LogP contribution >= 0.6 is 0 Å². The topological polar surface area (TPSA) is 66.4 Å². The Morgan fingerprint density at radius 2 is 1.96 bits per heavy atom. The molecule has 0 bridgehead atoms.